The molecular formula is C21H29N3O3. The molecule has 0 spiro atoms. The molecule has 1 heterocycles. The van der Waals surface area contributed by atoms with Gasteiger partial charge in [0.05, 0.1) is 12.1 Å². The highest BCUT2D eigenvalue weighted by molar-refractivity contribution is 5.97. The van der Waals surface area contributed by atoms with Crippen molar-refractivity contribution in [2.75, 3.05) is 19.6 Å². The summed E-state index contributed by atoms with van der Waals surface area (Å²) < 4.78 is 5.34. The number of amides is 2. The molecule has 1 aromatic heterocycles. The highest BCUT2D eigenvalue weighted by Gasteiger charge is 2.14. The van der Waals surface area contributed by atoms with Gasteiger partial charge in [-0.05, 0) is 44.1 Å². The van der Waals surface area contributed by atoms with Crippen LogP contribution in [0.5, 0.6) is 0 Å². The van der Waals surface area contributed by atoms with Crippen LogP contribution in [0.4, 0.5) is 0 Å². The van der Waals surface area contributed by atoms with E-state index in [0.717, 1.165) is 25.2 Å². The molecule has 0 bridgehead atoms. The highest BCUT2D eigenvalue weighted by Crippen LogP contribution is 2.13. The molecule has 0 radical (unpaired) electrons. The van der Waals surface area contributed by atoms with E-state index < -0.39 is 0 Å². The van der Waals surface area contributed by atoms with Gasteiger partial charge in [0.2, 0.25) is 5.91 Å². The maximum Gasteiger partial charge on any atom is 0.255 e. The summed E-state index contributed by atoms with van der Waals surface area (Å²) in [7, 11) is 0. The average Bonchev–Trinajstić information content (AvgIpc) is 3.01. The second-order valence-electron chi connectivity index (χ2n) is 6.57. The quantitative estimate of drug-likeness (QED) is 0.711. The van der Waals surface area contributed by atoms with Gasteiger partial charge >= 0.3 is 0 Å². The predicted octanol–water partition coefficient (Wildman–Crippen LogP) is 2.78. The molecule has 2 amide bonds. The second-order valence-corrected chi connectivity index (χ2v) is 6.57. The summed E-state index contributed by atoms with van der Waals surface area (Å²) >= 11 is 0. The molecule has 0 saturated heterocycles. The van der Waals surface area contributed by atoms with Crippen molar-refractivity contribution >= 4 is 11.8 Å². The Morgan fingerprint density at radius 1 is 1.04 bits per heavy atom. The van der Waals surface area contributed by atoms with Crippen LogP contribution in [0.15, 0.2) is 34.7 Å². The maximum absolute atomic E-state index is 12.1. The van der Waals surface area contributed by atoms with Gasteiger partial charge in [-0.2, -0.15) is 0 Å². The first-order chi connectivity index (χ1) is 12.9. The van der Waals surface area contributed by atoms with Gasteiger partial charge in [-0.3, -0.25) is 14.5 Å². The van der Waals surface area contributed by atoms with Crippen molar-refractivity contribution in [1.29, 1.82) is 0 Å². The molecule has 0 unspecified atom stereocenters. The number of nitrogens with zero attached hydrogens (tertiary/aromatic N) is 1. The number of benzene rings is 1. The largest absolute Gasteiger partial charge is 0.466 e. The topological polar surface area (TPSA) is 74.6 Å². The zero-order valence-electron chi connectivity index (χ0n) is 16.6. The molecule has 0 fully saturated rings. The Hall–Kier alpha value is -2.60. The van der Waals surface area contributed by atoms with Gasteiger partial charge < -0.3 is 15.1 Å². The lowest BCUT2D eigenvalue weighted by Gasteiger charge is -2.18. The number of carbonyl (C=O) groups excluding carboxylic acids is 2. The molecule has 1 aromatic carbocycles. The first-order valence-corrected chi connectivity index (χ1v) is 9.35. The number of hydrogen-bond acceptors (Lipinski definition) is 4. The molecule has 27 heavy (non-hydrogen) atoms. The average molecular weight is 371 g/mol. The third-order valence-electron chi connectivity index (χ3n) is 4.48. The molecule has 0 aliphatic rings. The van der Waals surface area contributed by atoms with E-state index in [-0.39, 0.29) is 18.4 Å². The van der Waals surface area contributed by atoms with Crippen molar-refractivity contribution in [3.05, 3.63) is 58.5 Å². The Labute approximate surface area is 160 Å². The smallest absolute Gasteiger partial charge is 0.255 e. The zero-order chi connectivity index (χ0) is 19.8. The van der Waals surface area contributed by atoms with E-state index in [9.17, 15) is 9.59 Å². The Morgan fingerprint density at radius 2 is 1.74 bits per heavy atom. The number of aryl methyl sites for hydroxylation is 2. The first-order valence-electron chi connectivity index (χ1n) is 9.35. The van der Waals surface area contributed by atoms with Crippen LogP contribution in [0.3, 0.4) is 0 Å². The molecule has 6 heteroatoms. The van der Waals surface area contributed by atoms with E-state index in [1.807, 2.05) is 12.1 Å². The van der Waals surface area contributed by atoms with Crippen molar-refractivity contribution < 1.29 is 14.0 Å². The highest BCUT2D eigenvalue weighted by atomic mass is 16.3. The van der Waals surface area contributed by atoms with Gasteiger partial charge in [0.25, 0.3) is 5.91 Å². The lowest BCUT2D eigenvalue weighted by Crippen LogP contribution is -2.36. The van der Waals surface area contributed by atoms with Crippen LogP contribution in [0, 0.1) is 13.8 Å². The molecule has 146 valence electrons. The summed E-state index contributed by atoms with van der Waals surface area (Å²) in [5, 5.41) is 5.47. The van der Waals surface area contributed by atoms with E-state index in [1.54, 1.807) is 19.9 Å². The predicted molar refractivity (Wildman–Crippen MR) is 105 cm³/mol. The Balaban J connectivity index is 1.81. The van der Waals surface area contributed by atoms with Crippen LogP contribution in [-0.4, -0.2) is 36.3 Å². The molecule has 6 nitrogen and oxygen atoms in total. The van der Waals surface area contributed by atoms with Gasteiger partial charge in [-0.15, -0.1) is 0 Å². The third-order valence-corrected chi connectivity index (χ3v) is 4.48. The van der Waals surface area contributed by atoms with E-state index in [2.05, 4.69) is 41.5 Å². The standard InChI is InChI=1S/C21H29N3O3/c1-5-24(6-2)14-18-9-7-8-17(11-18)12-22-20(25)13-23-21(26)19-10-15(3)27-16(19)4/h7-11H,5-6,12-14H2,1-4H3,(H,22,25)(H,23,26). The minimum Gasteiger partial charge on any atom is -0.466 e. The van der Waals surface area contributed by atoms with Gasteiger partial charge in [0.1, 0.15) is 11.5 Å². The van der Waals surface area contributed by atoms with Crippen LogP contribution in [-0.2, 0) is 17.9 Å². The van der Waals surface area contributed by atoms with E-state index >= 15 is 0 Å². The zero-order valence-corrected chi connectivity index (χ0v) is 16.6. The van der Waals surface area contributed by atoms with Crippen molar-refractivity contribution in [2.45, 2.75) is 40.8 Å². The van der Waals surface area contributed by atoms with E-state index in [1.165, 1.54) is 5.56 Å². The van der Waals surface area contributed by atoms with Gasteiger partial charge in [0.15, 0.2) is 0 Å². The molecule has 0 atom stereocenters. The molecule has 0 aliphatic carbocycles. The number of rotatable bonds is 9. The molecule has 0 saturated carbocycles. The minimum absolute atomic E-state index is 0.0678. The summed E-state index contributed by atoms with van der Waals surface area (Å²) in [4.78, 5) is 26.5. The summed E-state index contributed by atoms with van der Waals surface area (Å²) in [5.74, 6) is 0.693. The van der Waals surface area contributed by atoms with Gasteiger partial charge in [0, 0.05) is 13.1 Å². The lowest BCUT2D eigenvalue weighted by atomic mass is 10.1. The second kappa shape index (κ2) is 9.92. The molecule has 2 rings (SSSR count). The Kier molecular flexibility index (Phi) is 7.61. The SMILES string of the molecule is CCN(CC)Cc1cccc(CNC(=O)CNC(=O)c2cc(C)oc2C)c1. The summed E-state index contributed by atoms with van der Waals surface area (Å²) in [5.41, 5.74) is 2.73. The number of carbonyl (C=O) groups is 2. The maximum atomic E-state index is 12.1. The Bertz CT molecular complexity index is 779. The lowest BCUT2D eigenvalue weighted by molar-refractivity contribution is -0.120. The fourth-order valence-electron chi connectivity index (χ4n) is 2.92. The van der Waals surface area contributed by atoms with E-state index in [0.29, 0.717) is 23.6 Å². The van der Waals surface area contributed by atoms with Crippen LogP contribution in [0.1, 0.15) is 46.9 Å². The third kappa shape index (κ3) is 6.25. The van der Waals surface area contributed by atoms with Crippen molar-refractivity contribution in [3.63, 3.8) is 0 Å². The Morgan fingerprint density at radius 3 is 2.37 bits per heavy atom. The van der Waals surface area contributed by atoms with Crippen molar-refractivity contribution in [2.24, 2.45) is 0 Å². The fourth-order valence-corrected chi connectivity index (χ4v) is 2.92. The monoisotopic (exact) mass is 371 g/mol. The fraction of sp³-hybridized carbons (Fsp3) is 0.429. The number of hydrogen-bond donors (Lipinski definition) is 2. The van der Waals surface area contributed by atoms with Crippen LogP contribution >= 0.6 is 0 Å². The van der Waals surface area contributed by atoms with Crippen LogP contribution in [0.2, 0.25) is 0 Å². The van der Waals surface area contributed by atoms with Crippen molar-refractivity contribution in [1.82, 2.24) is 15.5 Å². The summed E-state index contributed by atoms with van der Waals surface area (Å²) in [6.45, 7) is 11.1. The molecule has 0 aliphatic heterocycles. The number of furan rings is 1. The van der Waals surface area contributed by atoms with Crippen molar-refractivity contribution in [3.8, 4) is 0 Å². The normalized spacial score (nSPS) is 10.9. The van der Waals surface area contributed by atoms with Crippen LogP contribution in [0.25, 0.3) is 0 Å². The van der Waals surface area contributed by atoms with Gasteiger partial charge in [-0.1, -0.05) is 38.1 Å². The first kappa shape index (κ1) is 20.7. The minimum atomic E-state index is -0.305. The summed E-state index contributed by atoms with van der Waals surface area (Å²) in [6.07, 6.45) is 0. The van der Waals surface area contributed by atoms with Crippen LogP contribution < -0.4 is 10.6 Å². The molecule has 2 aromatic rings. The summed E-state index contributed by atoms with van der Waals surface area (Å²) in [6, 6.07) is 9.87. The number of nitrogens with one attached hydrogen (secondary N) is 2. The molecular weight excluding hydrogens is 342 g/mol. The molecule has 2 N–H and O–H groups in total. The van der Waals surface area contributed by atoms with Gasteiger partial charge in [-0.25, -0.2) is 0 Å². The van der Waals surface area contributed by atoms with E-state index in [4.69, 9.17) is 4.42 Å².